The maximum atomic E-state index is 12.4. The van der Waals surface area contributed by atoms with Crippen LogP contribution in [0.15, 0.2) is 51.8 Å². The van der Waals surface area contributed by atoms with Crippen LogP contribution in [0.3, 0.4) is 0 Å². The lowest BCUT2D eigenvalue weighted by Gasteiger charge is -2.10. The van der Waals surface area contributed by atoms with E-state index < -0.39 is 10.0 Å². The molecule has 0 aliphatic carbocycles. The van der Waals surface area contributed by atoms with Crippen LogP contribution in [-0.4, -0.2) is 41.2 Å². The summed E-state index contributed by atoms with van der Waals surface area (Å²) in [5.41, 5.74) is 0.934. The lowest BCUT2D eigenvalue weighted by atomic mass is 10.2. The Morgan fingerprint density at radius 1 is 1.11 bits per heavy atom. The van der Waals surface area contributed by atoms with Gasteiger partial charge in [-0.15, -0.1) is 0 Å². The maximum absolute atomic E-state index is 12.4. The maximum Gasteiger partial charge on any atom is 0.255 e. The number of ether oxygens (including phenoxy) is 2. The largest absolute Gasteiger partial charge is 0.490 e. The van der Waals surface area contributed by atoms with Crippen LogP contribution in [0.1, 0.15) is 23.7 Å². The number of carbonyl (C=O) groups excluding carboxylic acids is 1. The molecule has 7 nitrogen and oxygen atoms in total. The van der Waals surface area contributed by atoms with Gasteiger partial charge < -0.3 is 14.8 Å². The smallest absolute Gasteiger partial charge is 0.255 e. The van der Waals surface area contributed by atoms with Crippen molar-refractivity contribution in [3.8, 4) is 5.75 Å². The normalized spacial score (nSPS) is 11.2. The van der Waals surface area contributed by atoms with Crippen LogP contribution in [0.4, 0.5) is 5.69 Å². The Hall–Kier alpha value is -1.94. The van der Waals surface area contributed by atoms with Crippen LogP contribution in [0.2, 0.25) is 0 Å². The second-order valence-electron chi connectivity index (χ2n) is 5.86. The van der Waals surface area contributed by atoms with Gasteiger partial charge in [-0.3, -0.25) is 4.79 Å². The van der Waals surface area contributed by atoms with E-state index >= 15 is 0 Å². The minimum Gasteiger partial charge on any atom is -0.490 e. The highest BCUT2D eigenvalue weighted by atomic mass is 79.9. The van der Waals surface area contributed by atoms with Crippen molar-refractivity contribution >= 4 is 37.5 Å². The number of amides is 1. The van der Waals surface area contributed by atoms with E-state index in [-0.39, 0.29) is 10.8 Å². The Balaban J connectivity index is 2.03. The van der Waals surface area contributed by atoms with E-state index in [0.717, 1.165) is 0 Å². The summed E-state index contributed by atoms with van der Waals surface area (Å²) in [6, 6.07) is 11.0. The van der Waals surface area contributed by atoms with Crippen molar-refractivity contribution in [3.05, 3.63) is 52.5 Å². The van der Waals surface area contributed by atoms with Crippen molar-refractivity contribution in [2.45, 2.75) is 18.2 Å². The average Bonchev–Trinajstić information content (AvgIpc) is 2.68. The summed E-state index contributed by atoms with van der Waals surface area (Å²) in [5, 5.41) is 2.74. The van der Waals surface area contributed by atoms with Gasteiger partial charge >= 0.3 is 0 Å². The minimum absolute atomic E-state index is 0.152. The van der Waals surface area contributed by atoms with Gasteiger partial charge in [0.15, 0.2) is 0 Å². The summed E-state index contributed by atoms with van der Waals surface area (Å²) in [6.45, 7) is 3.13. The first-order valence-electron chi connectivity index (χ1n) is 8.69. The zero-order chi connectivity index (χ0) is 20.6. The number of halogens is 1. The van der Waals surface area contributed by atoms with Gasteiger partial charge in [0.1, 0.15) is 12.4 Å². The van der Waals surface area contributed by atoms with E-state index in [1.165, 1.54) is 12.1 Å². The molecule has 28 heavy (non-hydrogen) atoms. The molecule has 0 unspecified atom stereocenters. The van der Waals surface area contributed by atoms with Crippen molar-refractivity contribution < 1.29 is 22.7 Å². The molecule has 0 aliphatic heterocycles. The molecule has 0 fully saturated rings. The van der Waals surface area contributed by atoms with Crippen molar-refractivity contribution in [2.24, 2.45) is 0 Å². The molecule has 152 valence electrons. The van der Waals surface area contributed by atoms with Crippen LogP contribution in [0.5, 0.6) is 5.75 Å². The quantitative estimate of drug-likeness (QED) is 0.518. The number of hydrogen-bond donors (Lipinski definition) is 2. The molecule has 2 aromatic carbocycles. The first-order valence-corrected chi connectivity index (χ1v) is 11.0. The standard InChI is InChI=1S/C19H23BrN2O5S/c1-3-10-21-28(24,25)16-7-5-15(6-8-16)22-19(23)14-4-9-18(17(20)13-14)27-12-11-26-2/h4-9,13,21H,3,10-12H2,1-2H3,(H,22,23). The summed E-state index contributed by atoms with van der Waals surface area (Å²) < 4.78 is 37.8. The average molecular weight is 471 g/mol. The molecular formula is C19H23BrN2O5S. The van der Waals surface area contributed by atoms with Crippen molar-refractivity contribution in [1.82, 2.24) is 4.72 Å². The van der Waals surface area contributed by atoms with Crippen LogP contribution in [-0.2, 0) is 14.8 Å². The molecular weight excluding hydrogens is 448 g/mol. The number of nitrogens with one attached hydrogen (secondary N) is 2. The predicted molar refractivity (Wildman–Crippen MR) is 111 cm³/mol. The van der Waals surface area contributed by atoms with Gasteiger partial charge in [0.2, 0.25) is 10.0 Å². The number of hydrogen-bond acceptors (Lipinski definition) is 5. The molecule has 2 N–H and O–H groups in total. The Morgan fingerprint density at radius 3 is 2.43 bits per heavy atom. The van der Waals surface area contributed by atoms with Gasteiger partial charge in [-0.1, -0.05) is 6.92 Å². The van der Waals surface area contributed by atoms with Gasteiger partial charge in [-0.25, -0.2) is 13.1 Å². The molecule has 0 radical (unpaired) electrons. The number of benzene rings is 2. The summed E-state index contributed by atoms with van der Waals surface area (Å²) in [5.74, 6) is 0.298. The zero-order valence-electron chi connectivity index (χ0n) is 15.7. The highest BCUT2D eigenvalue weighted by Gasteiger charge is 2.14. The second kappa shape index (κ2) is 10.6. The lowest BCUT2D eigenvalue weighted by molar-refractivity contribution is 0.102. The molecule has 1 amide bonds. The number of rotatable bonds is 10. The molecule has 2 aromatic rings. The third kappa shape index (κ3) is 6.30. The van der Waals surface area contributed by atoms with E-state index in [1.54, 1.807) is 37.4 Å². The van der Waals surface area contributed by atoms with Gasteiger partial charge in [-0.05, 0) is 64.8 Å². The second-order valence-corrected chi connectivity index (χ2v) is 8.48. The molecule has 0 saturated carbocycles. The topological polar surface area (TPSA) is 93.7 Å². The Kier molecular flexibility index (Phi) is 8.43. The first kappa shape index (κ1) is 22.4. The van der Waals surface area contributed by atoms with Gasteiger partial charge in [0.05, 0.1) is 16.0 Å². The molecule has 0 aromatic heterocycles. The summed E-state index contributed by atoms with van der Waals surface area (Å²) in [6.07, 6.45) is 0.707. The van der Waals surface area contributed by atoms with Gasteiger partial charge in [0.25, 0.3) is 5.91 Å². The molecule has 9 heteroatoms. The number of anilines is 1. The fourth-order valence-corrected chi connectivity index (χ4v) is 3.86. The van der Waals surface area contributed by atoms with Crippen molar-refractivity contribution in [3.63, 3.8) is 0 Å². The summed E-state index contributed by atoms with van der Waals surface area (Å²) in [4.78, 5) is 12.6. The fraction of sp³-hybridized carbons (Fsp3) is 0.316. The SMILES string of the molecule is CCCNS(=O)(=O)c1ccc(NC(=O)c2ccc(OCCOC)c(Br)c2)cc1. The first-order chi connectivity index (χ1) is 13.4. The predicted octanol–water partition coefficient (Wildman–Crippen LogP) is 3.41. The van der Waals surface area contributed by atoms with Crippen LogP contribution in [0.25, 0.3) is 0 Å². The van der Waals surface area contributed by atoms with E-state index in [4.69, 9.17) is 9.47 Å². The summed E-state index contributed by atoms with van der Waals surface area (Å²) >= 11 is 3.39. The molecule has 0 bridgehead atoms. The highest BCUT2D eigenvalue weighted by Crippen LogP contribution is 2.26. The third-order valence-corrected chi connectivity index (χ3v) is 5.80. The molecule has 2 rings (SSSR count). The van der Waals surface area contributed by atoms with E-state index in [9.17, 15) is 13.2 Å². The van der Waals surface area contributed by atoms with Crippen LogP contribution >= 0.6 is 15.9 Å². The van der Waals surface area contributed by atoms with E-state index in [1.807, 2.05) is 6.92 Å². The van der Waals surface area contributed by atoms with E-state index in [0.29, 0.717) is 47.7 Å². The van der Waals surface area contributed by atoms with E-state index in [2.05, 4.69) is 26.0 Å². The Morgan fingerprint density at radius 2 is 1.82 bits per heavy atom. The monoisotopic (exact) mass is 470 g/mol. The molecule has 0 aliphatic rings. The fourth-order valence-electron chi connectivity index (χ4n) is 2.23. The Labute approximate surface area is 173 Å². The Bertz CT molecular complexity index is 901. The lowest BCUT2D eigenvalue weighted by Crippen LogP contribution is -2.24. The van der Waals surface area contributed by atoms with Crippen molar-refractivity contribution in [1.29, 1.82) is 0 Å². The molecule has 0 heterocycles. The highest BCUT2D eigenvalue weighted by molar-refractivity contribution is 9.10. The molecule has 0 atom stereocenters. The van der Waals surface area contributed by atoms with Gasteiger partial charge in [-0.2, -0.15) is 0 Å². The minimum atomic E-state index is -3.53. The molecule has 0 saturated heterocycles. The number of methoxy groups -OCH3 is 1. The number of carbonyl (C=O) groups is 1. The van der Waals surface area contributed by atoms with Crippen LogP contribution in [0, 0.1) is 0 Å². The summed E-state index contributed by atoms with van der Waals surface area (Å²) in [7, 11) is -1.94. The van der Waals surface area contributed by atoms with Crippen molar-refractivity contribution in [2.75, 3.05) is 32.2 Å². The molecule has 0 spiro atoms. The van der Waals surface area contributed by atoms with Crippen LogP contribution < -0.4 is 14.8 Å². The third-order valence-electron chi connectivity index (χ3n) is 3.70. The number of sulfonamides is 1. The van der Waals surface area contributed by atoms with Gasteiger partial charge in [0, 0.05) is 24.9 Å². The zero-order valence-corrected chi connectivity index (χ0v) is 18.1.